The van der Waals surface area contributed by atoms with E-state index in [9.17, 15) is 0 Å². The molecule has 0 fully saturated rings. The van der Waals surface area contributed by atoms with Crippen molar-refractivity contribution in [3.8, 4) is 6.19 Å². The smallest absolute Gasteiger partial charge is 0.281 e. The van der Waals surface area contributed by atoms with Gasteiger partial charge < -0.3 is 0 Å². The lowest BCUT2D eigenvalue weighted by atomic mass is 10.9. The fourth-order valence-corrected chi connectivity index (χ4v) is 0.606. The normalized spacial score (nSPS) is 10.0. The Morgan fingerprint density at radius 1 is 1.78 bits per heavy atom. The number of thiol groups is 1. The van der Waals surface area contributed by atoms with Crippen molar-refractivity contribution in [3.63, 3.8) is 0 Å². The lowest BCUT2D eigenvalue weighted by Crippen LogP contribution is -2.34. The molecule has 0 saturated heterocycles. The molecule has 0 rings (SSSR count). The van der Waals surface area contributed by atoms with Crippen LogP contribution < -0.4 is 0 Å². The zero-order valence-electron chi connectivity index (χ0n) is 5.16. The summed E-state index contributed by atoms with van der Waals surface area (Å²) < 4.78 is -0.191. The van der Waals surface area contributed by atoms with E-state index in [2.05, 4.69) is 24.8 Å². The van der Waals surface area contributed by atoms with Crippen LogP contribution in [0.4, 0.5) is 0 Å². The summed E-state index contributed by atoms with van der Waals surface area (Å²) in [5.74, 6) is 0. The average molecular weight is 163 g/mol. The second-order valence-corrected chi connectivity index (χ2v) is 2.89. The number of thiocarbonyl (C=S) groups is 1. The van der Waals surface area contributed by atoms with Gasteiger partial charge in [-0.15, -0.1) is 5.26 Å². The van der Waals surface area contributed by atoms with E-state index in [1.54, 1.807) is 14.1 Å². The van der Waals surface area contributed by atoms with Crippen LogP contribution in [0, 0.1) is 11.5 Å². The Labute approximate surface area is 64.8 Å². The van der Waals surface area contributed by atoms with Gasteiger partial charge in [-0.25, -0.2) is 0 Å². The van der Waals surface area contributed by atoms with Gasteiger partial charge in [-0.05, 0) is 16.9 Å². The quantitative estimate of drug-likeness (QED) is 0.203. The Bertz CT molecular complexity index is 160. The number of rotatable bonds is 1. The number of quaternary nitrogens is 1. The highest BCUT2D eigenvalue weighted by Gasteiger charge is 2.16. The van der Waals surface area contributed by atoms with Crippen LogP contribution in [-0.4, -0.2) is 23.1 Å². The van der Waals surface area contributed by atoms with E-state index in [1.807, 2.05) is 6.19 Å². The van der Waals surface area contributed by atoms with Crippen LogP contribution in [0.5, 0.6) is 0 Å². The highest BCUT2D eigenvalue weighted by Crippen LogP contribution is 1.99. The molecule has 0 aliphatic carbocycles. The Kier molecular flexibility index (Phi) is 2.91. The second-order valence-electron chi connectivity index (χ2n) is 1.81. The molecule has 0 heterocycles. The summed E-state index contributed by atoms with van der Waals surface area (Å²) in [6.45, 7) is 0. The van der Waals surface area contributed by atoms with Crippen molar-refractivity contribution in [1.82, 2.24) is 0 Å². The zero-order chi connectivity index (χ0) is 7.49. The molecule has 0 bridgehead atoms. The van der Waals surface area contributed by atoms with E-state index < -0.39 is 0 Å². The first-order valence-electron chi connectivity index (χ1n) is 2.16. The molecule has 0 radical (unpaired) electrons. The van der Waals surface area contributed by atoms with E-state index >= 15 is 0 Å². The summed E-state index contributed by atoms with van der Waals surface area (Å²) in [5, 5.41) is 8.35. The molecule has 0 spiro atoms. The largest absolute Gasteiger partial charge is 0.354 e. The van der Waals surface area contributed by atoms with Crippen LogP contribution in [-0.2, 0) is 4.84 Å². The van der Waals surface area contributed by atoms with E-state index in [-0.39, 0.29) is 9.03 Å². The summed E-state index contributed by atoms with van der Waals surface area (Å²) in [5.41, 5.74) is 0. The minimum absolute atomic E-state index is 0.0709. The maximum Gasteiger partial charge on any atom is 0.354 e. The predicted octanol–water partition coefficient (Wildman–Crippen LogP) is 0.690. The minimum atomic E-state index is -0.262. The molecular formula is C4H7N2OS2+. The molecule has 0 saturated carbocycles. The summed E-state index contributed by atoms with van der Waals surface area (Å²) in [6.07, 6.45) is 1.85. The van der Waals surface area contributed by atoms with Gasteiger partial charge in [0.2, 0.25) is 0 Å². The molecule has 0 aliphatic rings. The molecule has 0 aromatic carbocycles. The van der Waals surface area contributed by atoms with Gasteiger partial charge in [-0.3, -0.25) is 4.84 Å². The molecule has 0 aromatic rings. The molecule has 0 atom stereocenters. The van der Waals surface area contributed by atoms with E-state index in [0.29, 0.717) is 0 Å². The van der Waals surface area contributed by atoms with Gasteiger partial charge in [0.05, 0.1) is 0 Å². The number of hydroxylamine groups is 3. The average Bonchev–Trinajstić information content (AvgIpc) is 1.63. The molecule has 9 heavy (non-hydrogen) atoms. The summed E-state index contributed by atoms with van der Waals surface area (Å²) in [6, 6.07) is 0. The maximum atomic E-state index is 8.35. The number of nitrogens with zero attached hydrogens (tertiary/aromatic N) is 2. The minimum Gasteiger partial charge on any atom is -0.281 e. The summed E-state index contributed by atoms with van der Waals surface area (Å²) in [7, 11) is 3.12. The fraction of sp³-hybridized carbons (Fsp3) is 0.500. The fourth-order valence-electron chi connectivity index (χ4n) is 0.216. The topological polar surface area (TPSA) is 33.0 Å². The van der Waals surface area contributed by atoms with Crippen molar-refractivity contribution in [2.24, 2.45) is 0 Å². The maximum absolute atomic E-state index is 8.35. The Morgan fingerprint density at radius 2 is 2.22 bits per heavy atom. The predicted molar refractivity (Wildman–Crippen MR) is 40.4 cm³/mol. The monoisotopic (exact) mass is 163 g/mol. The van der Waals surface area contributed by atoms with Gasteiger partial charge in [0.1, 0.15) is 14.1 Å². The van der Waals surface area contributed by atoms with Gasteiger partial charge in [0.15, 0.2) is 0 Å². The third-order valence-corrected chi connectivity index (χ3v) is 0.703. The van der Waals surface area contributed by atoms with E-state index in [4.69, 9.17) is 10.1 Å². The van der Waals surface area contributed by atoms with Gasteiger partial charge >= 0.3 is 6.19 Å². The van der Waals surface area contributed by atoms with Crippen molar-refractivity contribution in [3.05, 3.63) is 0 Å². The van der Waals surface area contributed by atoms with Crippen molar-refractivity contribution < 1.29 is 9.48 Å². The van der Waals surface area contributed by atoms with Crippen molar-refractivity contribution in [2.75, 3.05) is 14.1 Å². The van der Waals surface area contributed by atoms with Crippen LogP contribution in [0.3, 0.4) is 0 Å². The van der Waals surface area contributed by atoms with Crippen LogP contribution in [0.1, 0.15) is 0 Å². The van der Waals surface area contributed by atoms with Crippen LogP contribution in [0.2, 0.25) is 0 Å². The SMILES string of the molecule is C[N+](C)(C#N)OC(=S)S. The molecule has 0 amide bonds. The summed E-state index contributed by atoms with van der Waals surface area (Å²) >= 11 is 8.17. The Hall–Kier alpha value is -0.310. The Morgan fingerprint density at radius 3 is 2.33 bits per heavy atom. The van der Waals surface area contributed by atoms with Crippen molar-refractivity contribution >= 4 is 29.2 Å². The van der Waals surface area contributed by atoms with Crippen LogP contribution in [0.25, 0.3) is 0 Å². The van der Waals surface area contributed by atoms with Gasteiger partial charge in [-0.2, -0.15) is 0 Å². The molecule has 0 aliphatic heterocycles. The molecule has 0 unspecified atom stereocenters. The van der Waals surface area contributed by atoms with E-state index in [0.717, 1.165) is 0 Å². The third-order valence-electron chi connectivity index (χ3n) is 0.547. The summed E-state index contributed by atoms with van der Waals surface area (Å²) in [4.78, 5) is 4.76. The first-order valence-corrected chi connectivity index (χ1v) is 3.01. The van der Waals surface area contributed by atoms with Crippen molar-refractivity contribution in [1.29, 1.82) is 5.26 Å². The molecule has 5 heteroatoms. The van der Waals surface area contributed by atoms with Crippen LogP contribution in [0.15, 0.2) is 0 Å². The number of nitriles is 1. The standard InChI is InChI=1S/C4H6N2OS2/c1-6(2,3-5)7-4(8)9/h1-2H3/p+1. The molecule has 0 aromatic heterocycles. The molecule has 3 nitrogen and oxygen atoms in total. The number of hydrogen-bond donors (Lipinski definition) is 1. The molecular weight excluding hydrogens is 156 g/mol. The van der Waals surface area contributed by atoms with Gasteiger partial charge in [0, 0.05) is 0 Å². The number of hydrogen-bond acceptors (Lipinski definition) is 3. The lowest BCUT2D eigenvalue weighted by molar-refractivity contribution is -1.00. The lowest BCUT2D eigenvalue weighted by Gasteiger charge is -2.14. The molecule has 50 valence electrons. The molecule has 0 N–H and O–H groups in total. The van der Waals surface area contributed by atoms with Gasteiger partial charge in [0.25, 0.3) is 4.38 Å². The zero-order valence-corrected chi connectivity index (χ0v) is 6.87. The Balaban J connectivity index is 3.91. The highest BCUT2D eigenvalue weighted by atomic mass is 32.1. The van der Waals surface area contributed by atoms with Gasteiger partial charge in [-0.1, -0.05) is 12.6 Å². The highest BCUT2D eigenvalue weighted by molar-refractivity contribution is 8.10. The first-order chi connectivity index (χ1) is 3.98. The first kappa shape index (κ1) is 8.69. The third kappa shape index (κ3) is 4.21. The van der Waals surface area contributed by atoms with Crippen molar-refractivity contribution in [2.45, 2.75) is 0 Å². The van der Waals surface area contributed by atoms with Crippen LogP contribution >= 0.6 is 24.8 Å². The van der Waals surface area contributed by atoms with E-state index in [1.165, 1.54) is 0 Å². The second kappa shape index (κ2) is 3.01.